The minimum atomic E-state index is 0.276. The molecule has 3 saturated carbocycles. The van der Waals surface area contributed by atoms with Gasteiger partial charge in [-0.15, -0.1) is 0 Å². The van der Waals surface area contributed by atoms with Crippen molar-refractivity contribution in [3.8, 4) is 0 Å². The zero-order chi connectivity index (χ0) is 15.7. The van der Waals surface area contributed by atoms with E-state index in [-0.39, 0.29) is 10.8 Å². The average molecular weight is 303 g/mol. The fourth-order valence-electron chi connectivity index (χ4n) is 6.93. The highest BCUT2D eigenvalue weighted by atomic mass is 16.2. The van der Waals surface area contributed by atoms with Crippen LogP contribution in [-0.2, 0) is 9.59 Å². The van der Waals surface area contributed by atoms with Gasteiger partial charge in [0.2, 0.25) is 5.91 Å². The number of amides is 1. The molecule has 0 aromatic heterocycles. The molecule has 3 heteroatoms. The highest BCUT2D eigenvalue weighted by molar-refractivity contribution is 5.82. The number of hydrogen-bond donors (Lipinski definition) is 0. The van der Waals surface area contributed by atoms with Gasteiger partial charge in [0.1, 0.15) is 5.78 Å². The van der Waals surface area contributed by atoms with Crippen molar-refractivity contribution in [2.45, 2.75) is 71.3 Å². The average Bonchev–Trinajstić information content (AvgIpc) is 2.78. The Bertz CT molecular complexity index is 530. The first-order valence-corrected chi connectivity index (χ1v) is 9.12. The second-order valence-electron chi connectivity index (χ2n) is 9.09. The molecule has 0 aromatic rings. The number of piperidine rings is 1. The predicted molar refractivity (Wildman–Crippen MR) is 85.2 cm³/mol. The summed E-state index contributed by atoms with van der Waals surface area (Å²) in [5.74, 6) is 2.87. The highest BCUT2D eigenvalue weighted by Gasteiger charge is 2.60. The van der Waals surface area contributed by atoms with Gasteiger partial charge < -0.3 is 4.90 Å². The van der Waals surface area contributed by atoms with Crippen molar-refractivity contribution in [3.63, 3.8) is 0 Å². The van der Waals surface area contributed by atoms with Crippen molar-refractivity contribution >= 4 is 11.7 Å². The van der Waals surface area contributed by atoms with Crippen molar-refractivity contribution < 1.29 is 9.59 Å². The van der Waals surface area contributed by atoms with Gasteiger partial charge in [0.25, 0.3) is 0 Å². The second-order valence-corrected chi connectivity index (χ2v) is 9.09. The Morgan fingerprint density at radius 3 is 2.59 bits per heavy atom. The molecule has 0 bridgehead atoms. The SMILES string of the molecule is CN1C(=O)CC[C@]2(C)[C@H]3CC[C@]4(C)CC(=O)C[C@H]4C3CC[C@@H]12. The van der Waals surface area contributed by atoms with Crippen LogP contribution in [-0.4, -0.2) is 29.7 Å². The standard InChI is InChI=1S/C19H29NO2/c1-18-8-6-14-13(15(18)10-12(21)11-18)4-5-16-19(14,2)9-7-17(22)20(16)3/h13-16H,4-11H2,1-3H3/t13?,14-,15-,16+,18+,19+/m0/s1. The molecular formula is C19H29NO2. The predicted octanol–water partition coefficient (Wildman–Crippen LogP) is 3.42. The molecule has 122 valence electrons. The monoisotopic (exact) mass is 303 g/mol. The van der Waals surface area contributed by atoms with E-state index in [1.54, 1.807) is 0 Å². The molecule has 1 saturated heterocycles. The number of likely N-dealkylation sites (tertiary alicyclic amines) is 1. The maximum atomic E-state index is 12.1. The lowest BCUT2D eigenvalue weighted by molar-refractivity contribution is -0.156. The van der Waals surface area contributed by atoms with Crippen molar-refractivity contribution in [1.29, 1.82) is 0 Å². The molecule has 0 spiro atoms. The quantitative estimate of drug-likeness (QED) is 0.687. The van der Waals surface area contributed by atoms with Crippen LogP contribution in [0.2, 0.25) is 0 Å². The molecule has 6 atom stereocenters. The van der Waals surface area contributed by atoms with E-state index < -0.39 is 0 Å². The van der Waals surface area contributed by atoms with E-state index in [1.165, 1.54) is 19.3 Å². The van der Waals surface area contributed by atoms with Crippen LogP contribution in [0, 0.1) is 28.6 Å². The number of Topliss-reactive ketones (excluding diaryl/α,β-unsaturated/α-hetero) is 1. The molecule has 1 unspecified atom stereocenters. The van der Waals surface area contributed by atoms with E-state index in [1.807, 2.05) is 11.9 Å². The van der Waals surface area contributed by atoms with Gasteiger partial charge in [0.15, 0.2) is 0 Å². The van der Waals surface area contributed by atoms with Crippen LogP contribution in [0.3, 0.4) is 0 Å². The van der Waals surface area contributed by atoms with E-state index in [0.29, 0.717) is 41.9 Å². The fourth-order valence-corrected chi connectivity index (χ4v) is 6.93. The zero-order valence-electron chi connectivity index (χ0n) is 14.2. The van der Waals surface area contributed by atoms with Gasteiger partial charge in [0, 0.05) is 32.4 Å². The molecule has 22 heavy (non-hydrogen) atoms. The van der Waals surface area contributed by atoms with Gasteiger partial charge in [-0.3, -0.25) is 9.59 Å². The Labute approximate surface area is 133 Å². The summed E-state index contributed by atoms with van der Waals surface area (Å²) in [5.41, 5.74) is 0.552. The summed E-state index contributed by atoms with van der Waals surface area (Å²) >= 11 is 0. The van der Waals surface area contributed by atoms with Crippen LogP contribution >= 0.6 is 0 Å². The lowest BCUT2D eigenvalue weighted by Crippen LogP contribution is -2.61. The fraction of sp³-hybridized carbons (Fsp3) is 0.895. The van der Waals surface area contributed by atoms with Crippen LogP contribution < -0.4 is 0 Å². The van der Waals surface area contributed by atoms with Gasteiger partial charge in [0.05, 0.1) is 0 Å². The minimum Gasteiger partial charge on any atom is -0.342 e. The van der Waals surface area contributed by atoms with Crippen LogP contribution in [0.15, 0.2) is 0 Å². The molecule has 0 N–H and O–H groups in total. The smallest absolute Gasteiger partial charge is 0.222 e. The van der Waals surface area contributed by atoms with E-state index in [4.69, 9.17) is 0 Å². The summed E-state index contributed by atoms with van der Waals surface area (Å²) in [5, 5.41) is 0. The summed E-state index contributed by atoms with van der Waals surface area (Å²) in [6.45, 7) is 4.81. The van der Waals surface area contributed by atoms with Crippen LogP contribution in [0.4, 0.5) is 0 Å². The van der Waals surface area contributed by atoms with E-state index in [9.17, 15) is 9.59 Å². The van der Waals surface area contributed by atoms with Crippen molar-refractivity contribution in [1.82, 2.24) is 4.90 Å². The summed E-state index contributed by atoms with van der Waals surface area (Å²) < 4.78 is 0. The van der Waals surface area contributed by atoms with E-state index in [0.717, 1.165) is 25.7 Å². The minimum absolute atomic E-state index is 0.276. The van der Waals surface area contributed by atoms with Gasteiger partial charge >= 0.3 is 0 Å². The molecule has 1 heterocycles. The number of nitrogens with zero attached hydrogens (tertiary/aromatic N) is 1. The molecule has 4 aliphatic rings. The lowest BCUT2D eigenvalue weighted by atomic mass is 9.47. The maximum absolute atomic E-state index is 12.1. The van der Waals surface area contributed by atoms with Gasteiger partial charge in [-0.1, -0.05) is 13.8 Å². The molecular weight excluding hydrogens is 274 g/mol. The molecule has 3 nitrogen and oxygen atoms in total. The molecule has 1 aliphatic heterocycles. The first kappa shape index (κ1) is 14.7. The summed E-state index contributed by atoms with van der Waals surface area (Å²) in [6.07, 6.45) is 8.25. The zero-order valence-corrected chi connectivity index (χ0v) is 14.2. The van der Waals surface area contributed by atoms with Gasteiger partial charge in [-0.25, -0.2) is 0 Å². The Morgan fingerprint density at radius 1 is 1.05 bits per heavy atom. The normalized spacial score (nSPS) is 51.3. The summed E-state index contributed by atoms with van der Waals surface area (Å²) in [7, 11) is 2.01. The molecule has 0 radical (unpaired) electrons. The number of ketones is 1. The lowest BCUT2D eigenvalue weighted by Gasteiger charge is -2.61. The molecule has 4 rings (SSSR count). The number of rotatable bonds is 0. The second kappa shape index (κ2) is 4.58. The van der Waals surface area contributed by atoms with Crippen LogP contribution in [0.1, 0.15) is 65.2 Å². The Morgan fingerprint density at radius 2 is 1.82 bits per heavy atom. The molecule has 4 fully saturated rings. The summed E-state index contributed by atoms with van der Waals surface area (Å²) in [6, 6.07) is 0.427. The Balaban J connectivity index is 1.66. The van der Waals surface area contributed by atoms with Crippen molar-refractivity contribution in [2.24, 2.45) is 28.6 Å². The van der Waals surface area contributed by atoms with Crippen molar-refractivity contribution in [2.75, 3.05) is 7.05 Å². The molecule has 0 aromatic carbocycles. The highest BCUT2D eigenvalue weighted by Crippen LogP contribution is 2.64. The number of hydrogen-bond acceptors (Lipinski definition) is 2. The van der Waals surface area contributed by atoms with Gasteiger partial charge in [-0.2, -0.15) is 0 Å². The van der Waals surface area contributed by atoms with Crippen LogP contribution in [0.25, 0.3) is 0 Å². The number of carbonyl (C=O) groups excluding carboxylic acids is 2. The third-order valence-electron chi connectivity index (χ3n) is 8.12. The maximum Gasteiger partial charge on any atom is 0.222 e. The molecule has 3 aliphatic carbocycles. The largest absolute Gasteiger partial charge is 0.342 e. The van der Waals surface area contributed by atoms with Crippen molar-refractivity contribution in [3.05, 3.63) is 0 Å². The van der Waals surface area contributed by atoms with E-state index >= 15 is 0 Å². The van der Waals surface area contributed by atoms with Crippen LogP contribution in [0.5, 0.6) is 0 Å². The number of carbonyl (C=O) groups is 2. The Hall–Kier alpha value is -0.860. The summed E-state index contributed by atoms with van der Waals surface area (Å²) in [4.78, 5) is 26.3. The van der Waals surface area contributed by atoms with E-state index in [2.05, 4.69) is 13.8 Å². The third-order valence-corrected chi connectivity index (χ3v) is 8.12. The Kier molecular flexibility index (Phi) is 3.06. The van der Waals surface area contributed by atoms with Gasteiger partial charge in [-0.05, 0) is 60.7 Å². The number of fused-ring (bicyclic) bond motifs is 5. The first-order valence-electron chi connectivity index (χ1n) is 9.12. The molecule has 1 amide bonds. The third kappa shape index (κ3) is 1.80. The first-order chi connectivity index (χ1) is 10.3. The topological polar surface area (TPSA) is 37.4 Å².